The first-order valence-corrected chi connectivity index (χ1v) is 4.53. The van der Waals surface area contributed by atoms with Gasteiger partial charge in [-0.15, -0.1) is 0 Å². The molecule has 15 heavy (non-hydrogen) atoms. The molecule has 1 heterocycles. The van der Waals surface area contributed by atoms with Crippen LogP contribution in [0.1, 0.15) is 26.7 Å². The van der Waals surface area contributed by atoms with E-state index in [0.717, 1.165) is 15.6 Å². The Hall–Kier alpha value is -1.85. The monoisotopic (exact) mass is 211 g/mol. The van der Waals surface area contributed by atoms with Gasteiger partial charge >= 0.3 is 6.03 Å². The maximum atomic E-state index is 11.3. The van der Waals surface area contributed by atoms with Crippen molar-refractivity contribution >= 4 is 17.8 Å². The molecule has 0 aliphatic carbocycles. The molecular formula is C9H13N3O3. The molecule has 6 nitrogen and oxygen atoms in total. The Morgan fingerprint density at radius 2 is 1.80 bits per heavy atom. The maximum absolute atomic E-state index is 11.3. The van der Waals surface area contributed by atoms with Crippen molar-refractivity contribution in [2.75, 3.05) is 0 Å². The Bertz CT molecular complexity index is 329. The van der Waals surface area contributed by atoms with Crippen molar-refractivity contribution < 1.29 is 14.4 Å². The predicted molar refractivity (Wildman–Crippen MR) is 51.9 cm³/mol. The molecule has 0 unspecified atom stereocenters. The van der Waals surface area contributed by atoms with Crippen LogP contribution in [0.15, 0.2) is 11.8 Å². The third-order valence-corrected chi connectivity index (χ3v) is 1.85. The second-order valence-corrected chi connectivity index (χ2v) is 3.49. The van der Waals surface area contributed by atoms with Crippen LogP contribution in [0.5, 0.6) is 0 Å². The zero-order chi connectivity index (χ0) is 11.6. The molecule has 0 atom stereocenters. The lowest BCUT2D eigenvalue weighted by atomic mass is 10.4. The minimum absolute atomic E-state index is 0.124. The van der Waals surface area contributed by atoms with Crippen LogP contribution >= 0.6 is 0 Å². The summed E-state index contributed by atoms with van der Waals surface area (Å²) in [6.07, 6.45) is 1.61. The number of carbonyl (C=O) groups is 3. The van der Waals surface area contributed by atoms with E-state index in [1.54, 1.807) is 13.8 Å². The molecule has 0 radical (unpaired) electrons. The van der Waals surface area contributed by atoms with E-state index in [1.807, 2.05) is 0 Å². The summed E-state index contributed by atoms with van der Waals surface area (Å²) in [7, 11) is 0. The average Bonchev–Trinajstić information content (AvgIpc) is 2.42. The number of hydrogen-bond acceptors (Lipinski definition) is 3. The van der Waals surface area contributed by atoms with Crippen molar-refractivity contribution in [3.8, 4) is 0 Å². The minimum Gasteiger partial charge on any atom is -0.350 e. The van der Waals surface area contributed by atoms with E-state index in [2.05, 4.69) is 0 Å². The molecule has 1 rings (SSSR count). The number of allylic oxidation sites excluding steroid dienone is 1. The van der Waals surface area contributed by atoms with Crippen molar-refractivity contribution in [2.24, 2.45) is 5.73 Å². The molecule has 0 saturated carbocycles. The summed E-state index contributed by atoms with van der Waals surface area (Å²) < 4.78 is 0. The average molecular weight is 211 g/mol. The third-order valence-electron chi connectivity index (χ3n) is 1.85. The number of nitrogens with zero attached hydrogens (tertiary/aromatic N) is 2. The molecule has 2 N–H and O–H groups in total. The van der Waals surface area contributed by atoms with Gasteiger partial charge < -0.3 is 5.73 Å². The Labute approximate surface area is 87.3 Å². The summed E-state index contributed by atoms with van der Waals surface area (Å²) in [5.74, 6) is -0.812. The SMILES string of the molecule is CC(C)=CN(C(N)=O)N1C(=O)CCC1=O. The summed E-state index contributed by atoms with van der Waals surface area (Å²) in [5.41, 5.74) is 5.85. The standard InChI is InChI=1S/C9H13N3O3/c1-6(2)5-11(9(10)15)12-7(13)3-4-8(12)14/h5H,3-4H2,1-2H3,(H2,10,15). The summed E-state index contributed by atoms with van der Waals surface area (Å²) >= 11 is 0. The summed E-state index contributed by atoms with van der Waals surface area (Å²) in [4.78, 5) is 33.7. The number of hydrazine groups is 1. The Morgan fingerprint density at radius 1 is 1.33 bits per heavy atom. The van der Waals surface area contributed by atoms with Gasteiger partial charge in [-0.2, -0.15) is 5.01 Å². The zero-order valence-corrected chi connectivity index (χ0v) is 8.69. The summed E-state index contributed by atoms with van der Waals surface area (Å²) in [6, 6.07) is -0.847. The molecule has 4 amide bonds. The van der Waals surface area contributed by atoms with Gasteiger partial charge in [0.1, 0.15) is 0 Å². The molecule has 0 aromatic carbocycles. The van der Waals surface area contributed by atoms with Crippen LogP contribution in [-0.4, -0.2) is 27.9 Å². The zero-order valence-electron chi connectivity index (χ0n) is 8.69. The molecule has 1 aliphatic heterocycles. The second kappa shape index (κ2) is 4.12. The number of imide groups is 1. The Balaban J connectivity index is 2.99. The quantitative estimate of drug-likeness (QED) is 0.669. The highest BCUT2D eigenvalue weighted by atomic mass is 16.2. The fourth-order valence-electron chi connectivity index (χ4n) is 1.27. The normalized spacial score (nSPS) is 15.5. The van der Waals surface area contributed by atoms with Gasteiger partial charge in [-0.3, -0.25) is 9.59 Å². The van der Waals surface area contributed by atoms with Gasteiger partial charge in [-0.1, -0.05) is 5.57 Å². The number of nitrogens with two attached hydrogens (primary N) is 1. The number of hydrogen-bond donors (Lipinski definition) is 1. The van der Waals surface area contributed by atoms with Crippen LogP contribution in [0.2, 0.25) is 0 Å². The lowest BCUT2D eigenvalue weighted by molar-refractivity contribution is -0.149. The molecular weight excluding hydrogens is 198 g/mol. The van der Waals surface area contributed by atoms with Gasteiger partial charge in [0.15, 0.2) is 0 Å². The van der Waals surface area contributed by atoms with Crippen LogP contribution in [0.4, 0.5) is 4.79 Å². The van der Waals surface area contributed by atoms with Gasteiger partial charge in [0.05, 0.1) is 0 Å². The summed E-state index contributed by atoms with van der Waals surface area (Å²) in [5, 5.41) is 1.64. The third kappa shape index (κ3) is 2.34. The van der Waals surface area contributed by atoms with Gasteiger partial charge in [-0.25, -0.2) is 9.80 Å². The molecule has 6 heteroatoms. The smallest absolute Gasteiger partial charge is 0.338 e. The number of amides is 4. The molecule has 1 saturated heterocycles. The molecule has 0 spiro atoms. The highest BCUT2D eigenvalue weighted by Gasteiger charge is 2.35. The van der Waals surface area contributed by atoms with Crippen molar-refractivity contribution in [2.45, 2.75) is 26.7 Å². The number of rotatable bonds is 2. The Kier molecular flexibility index (Phi) is 3.08. The van der Waals surface area contributed by atoms with E-state index in [4.69, 9.17) is 5.73 Å². The van der Waals surface area contributed by atoms with E-state index in [1.165, 1.54) is 6.20 Å². The van der Waals surface area contributed by atoms with Crippen LogP contribution in [0, 0.1) is 0 Å². The first-order valence-electron chi connectivity index (χ1n) is 4.53. The molecule has 1 fully saturated rings. The molecule has 0 aromatic rings. The fourth-order valence-corrected chi connectivity index (χ4v) is 1.27. The van der Waals surface area contributed by atoms with E-state index in [-0.39, 0.29) is 12.8 Å². The van der Waals surface area contributed by atoms with Crippen molar-refractivity contribution in [1.29, 1.82) is 0 Å². The highest BCUT2D eigenvalue weighted by Crippen LogP contribution is 2.15. The lowest BCUT2D eigenvalue weighted by Gasteiger charge is -2.25. The maximum Gasteiger partial charge on any atom is 0.338 e. The largest absolute Gasteiger partial charge is 0.350 e. The van der Waals surface area contributed by atoms with Crippen LogP contribution < -0.4 is 5.73 Å². The molecule has 0 aromatic heterocycles. The van der Waals surface area contributed by atoms with Crippen LogP contribution in [-0.2, 0) is 9.59 Å². The van der Waals surface area contributed by atoms with Crippen LogP contribution in [0.25, 0.3) is 0 Å². The molecule has 0 bridgehead atoms. The molecule has 1 aliphatic rings. The van der Waals surface area contributed by atoms with E-state index >= 15 is 0 Å². The van der Waals surface area contributed by atoms with Crippen molar-refractivity contribution in [1.82, 2.24) is 10.0 Å². The predicted octanol–water partition coefficient (Wildman–Crippen LogP) is 0.355. The first kappa shape index (κ1) is 11.2. The van der Waals surface area contributed by atoms with E-state index in [0.29, 0.717) is 0 Å². The molecule has 82 valence electrons. The van der Waals surface area contributed by atoms with Crippen LogP contribution in [0.3, 0.4) is 0 Å². The van der Waals surface area contributed by atoms with Gasteiger partial charge in [-0.05, 0) is 13.8 Å². The fraction of sp³-hybridized carbons (Fsp3) is 0.444. The van der Waals surface area contributed by atoms with E-state index in [9.17, 15) is 14.4 Å². The number of primary amides is 1. The lowest BCUT2D eigenvalue weighted by Crippen LogP contribution is -2.48. The topological polar surface area (TPSA) is 83.7 Å². The van der Waals surface area contributed by atoms with Gasteiger partial charge in [0, 0.05) is 19.0 Å². The van der Waals surface area contributed by atoms with Crippen molar-refractivity contribution in [3.05, 3.63) is 11.8 Å². The van der Waals surface area contributed by atoms with Gasteiger partial charge in [0.2, 0.25) is 11.8 Å². The minimum atomic E-state index is -0.847. The van der Waals surface area contributed by atoms with Gasteiger partial charge in [0.25, 0.3) is 0 Å². The number of carbonyl (C=O) groups excluding carboxylic acids is 3. The Morgan fingerprint density at radius 3 is 2.13 bits per heavy atom. The van der Waals surface area contributed by atoms with Crippen molar-refractivity contribution in [3.63, 3.8) is 0 Å². The second-order valence-electron chi connectivity index (χ2n) is 3.49. The summed E-state index contributed by atoms with van der Waals surface area (Å²) in [6.45, 7) is 3.47. The first-order chi connectivity index (χ1) is 6.93. The van der Waals surface area contributed by atoms with E-state index < -0.39 is 17.8 Å². The highest BCUT2D eigenvalue weighted by molar-refractivity contribution is 6.03. The number of urea groups is 1.